The molecule has 184 valence electrons. The summed E-state index contributed by atoms with van der Waals surface area (Å²) >= 11 is 0. The third kappa shape index (κ3) is 4.98. The maximum absolute atomic E-state index is 11.9. The Hall–Kier alpha value is -3.69. The minimum absolute atomic E-state index is 0.132. The van der Waals surface area contributed by atoms with Crippen LogP contribution in [0.5, 0.6) is 5.75 Å². The largest absolute Gasteiger partial charge is 0.507 e. The lowest BCUT2D eigenvalue weighted by Crippen LogP contribution is -2.32. The molecule has 0 fully saturated rings. The van der Waals surface area contributed by atoms with Gasteiger partial charge in [0.25, 0.3) is 0 Å². The molecule has 0 amide bonds. The quantitative estimate of drug-likeness (QED) is 0.166. The fourth-order valence-corrected chi connectivity index (χ4v) is 4.81. The molecule has 4 rings (SSSR count). The Morgan fingerprint density at radius 2 is 1.19 bits per heavy atom. The summed E-state index contributed by atoms with van der Waals surface area (Å²) in [6, 6.07) is 35.6. The first-order chi connectivity index (χ1) is 17.4. The van der Waals surface area contributed by atoms with E-state index in [0.29, 0.717) is 18.7 Å². The van der Waals surface area contributed by atoms with Gasteiger partial charge >= 0.3 is 0 Å². The van der Waals surface area contributed by atoms with Gasteiger partial charge in [-0.15, -0.1) is 0 Å². The molecule has 0 bridgehead atoms. The summed E-state index contributed by atoms with van der Waals surface area (Å²) in [5.41, 5.74) is 5.09. The van der Waals surface area contributed by atoms with Gasteiger partial charge in [0.1, 0.15) is 5.75 Å². The molecule has 4 aromatic rings. The Morgan fingerprint density at radius 3 is 1.61 bits per heavy atom. The zero-order valence-corrected chi connectivity index (χ0v) is 21.6. The minimum Gasteiger partial charge on any atom is -0.507 e. The predicted molar refractivity (Wildman–Crippen MR) is 149 cm³/mol. The summed E-state index contributed by atoms with van der Waals surface area (Å²) < 4.78 is 5.16. The second-order valence-corrected chi connectivity index (χ2v) is 10.1. The highest BCUT2D eigenvalue weighted by molar-refractivity contribution is 5.86. The normalized spacial score (nSPS) is 12.2. The van der Waals surface area contributed by atoms with Crippen LogP contribution in [0, 0.1) is 0 Å². The Bertz CT molecular complexity index is 1190. The number of phenols is 1. The lowest BCUT2D eigenvalue weighted by molar-refractivity contribution is 0.208. The van der Waals surface area contributed by atoms with Crippen LogP contribution in [0.2, 0.25) is 0 Å². The number of aromatic hydroxyl groups is 1. The summed E-state index contributed by atoms with van der Waals surface area (Å²) in [5.74, 6) is 0.237. The van der Waals surface area contributed by atoms with Crippen LogP contribution in [0.3, 0.4) is 0 Å². The molecule has 0 unspecified atom stereocenters. The molecule has 3 nitrogen and oxygen atoms in total. The predicted octanol–water partition coefficient (Wildman–Crippen LogP) is 7.14. The van der Waals surface area contributed by atoms with Crippen molar-refractivity contribution < 1.29 is 9.84 Å². The second-order valence-electron chi connectivity index (χ2n) is 10.1. The summed E-state index contributed by atoms with van der Waals surface area (Å²) in [5, 5.41) is 11.9. The van der Waals surface area contributed by atoms with Crippen molar-refractivity contribution in [3.05, 3.63) is 137 Å². The molecule has 4 aromatic carbocycles. The summed E-state index contributed by atoms with van der Waals surface area (Å²) in [6.45, 7) is 7.66. The van der Waals surface area contributed by atoms with Gasteiger partial charge in [0, 0.05) is 24.5 Å². The molecule has 0 spiro atoms. The molecule has 0 aliphatic heterocycles. The number of methoxy groups -OCH3 is 1. The number of hydrogen-bond donors (Lipinski definition) is 1. The second kappa shape index (κ2) is 10.9. The third-order valence-electron chi connectivity index (χ3n) is 6.68. The lowest BCUT2D eigenvalue weighted by atomic mass is 9.64. The van der Waals surface area contributed by atoms with Gasteiger partial charge in [-0.2, -0.15) is 0 Å². The van der Waals surface area contributed by atoms with Gasteiger partial charge < -0.3 is 9.84 Å². The molecule has 0 atom stereocenters. The lowest BCUT2D eigenvalue weighted by Gasteiger charge is -2.38. The number of nitrogens with zero attached hydrogens (tertiary/aromatic N) is 1. The molecule has 0 aromatic heterocycles. The third-order valence-corrected chi connectivity index (χ3v) is 6.68. The smallest absolute Gasteiger partial charge is 0.129 e. The topological polar surface area (TPSA) is 41.8 Å². The summed E-state index contributed by atoms with van der Waals surface area (Å²) in [7, 11) is 1.67. The molecular formula is C33H35NO2. The van der Waals surface area contributed by atoms with Crippen molar-refractivity contribution in [3.63, 3.8) is 0 Å². The highest BCUT2D eigenvalue weighted by atomic mass is 16.5. The molecule has 0 heterocycles. The average molecular weight is 478 g/mol. The molecular weight excluding hydrogens is 442 g/mol. The molecule has 0 saturated heterocycles. The van der Waals surface area contributed by atoms with Gasteiger partial charge in [-0.25, -0.2) is 0 Å². The Kier molecular flexibility index (Phi) is 7.71. The van der Waals surface area contributed by atoms with Crippen molar-refractivity contribution in [2.75, 3.05) is 20.3 Å². The van der Waals surface area contributed by atoms with Gasteiger partial charge in [0.2, 0.25) is 0 Å². The number of phenolic OH excluding ortho intramolecular Hbond substituents is 1. The van der Waals surface area contributed by atoms with E-state index in [1.54, 1.807) is 13.3 Å². The van der Waals surface area contributed by atoms with Crippen LogP contribution in [-0.2, 0) is 15.6 Å². The van der Waals surface area contributed by atoms with E-state index < -0.39 is 5.41 Å². The van der Waals surface area contributed by atoms with Crippen molar-refractivity contribution in [2.24, 2.45) is 4.99 Å². The fourth-order valence-electron chi connectivity index (χ4n) is 4.81. The highest BCUT2D eigenvalue weighted by Gasteiger charge is 2.41. The van der Waals surface area contributed by atoms with Gasteiger partial charge in [-0.1, -0.05) is 112 Å². The van der Waals surface area contributed by atoms with E-state index in [-0.39, 0.29) is 11.2 Å². The van der Waals surface area contributed by atoms with Crippen molar-refractivity contribution in [1.29, 1.82) is 0 Å². The molecule has 1 N–H and O–H groups in total. The van der Waals surface area contributed by atoms with Crippen molar-refractivity contribution in [2.45, 2.75) is 31.6 Å². The highest BCUT2D eigenvalue weighted by Crippen LogP contribution is 2.49. The van der Waals surface area contributed by atoms with Crippen LogP contribution in [-0.4, -0.2) is 31.6 Å². The number of aliphatic imine (C=N–C) groups is 1. The molecule has 3 heteroatoms. The Balaban J connectivity index is 2.14. The van der Waals surface area contributed by atoms with E-state index in [0.717, 1.165) is 27.8 Å². The fraction of sp³-hybridized carbons (Fsp3) is 0.242. The van der Waals surface area contributed by atoms with Crippen LogP contribution in [0.25, 0.3) is 0 Å². The molecule has 36 heavy (non-hydrogen) atoms. The van der Waals surface area contributed by atoms with E-state index in [1.165, 1.54) is 0 Å². The van der Waals surface area contributed by atoms with Crippen LogP contribution >= 0.6 is 0 Å². The van der Waals surface area contributed by atoms with Gasteiger partial charge in [0.15, 0.2) is 0 Å². The Morgan fingerprint density at radius 1 is 0.722 bits per heavy atom. The van der Waals surface area contributed by atoms with E-state index in [2.05, 4.69) is 111 Å². The van der Waals surface area contributed by atoms with Gasteiger partial charge in [0.05, 0.1) is 18.6 Å². The molecule has 0 saturated carbocycles. The van der Waals surface area contributed by atoms with E-state index in [1.807, 2.05) is 18.2 Å². The van der Waals surface area contributed by atoms with Crippen molar-refractivity contribution >= 4 is 6.21 Å². The zero-order valence-electron chi connectivity index (χ0n) is 21.6. The first-order valence-corrected chi connectivity index (χ1v) is 12.4. The van der Waals surface area contributed by atoms with Crippen molar-refractivity contribution in [3.8, 4) is 5.75 Å². The van der Waals surface area contributed by atoms with Gasteiger partial charge in [-0.3, -0.25) is 4.99 Å². The minimum atomic E-state index is -0.732. The van der Waals surface area contributed by atoms with E-state index in [4.69, 9.17) is 4.74 Å². The monoisotopic (exact) mass is 477 g/mol. The maximum atomic E-state index is 11.9. The standard InChI is InChI=1S/C33H35NO2/c1-32(2,3)29-22-25(24-34-20-21-36-4)31(35)30(23-29)33(26-14-8-5-9-15-26,27-16-10-6-11-17-27)28-18-12-7-13-19-28/h5-19,22-24,35H,20-21H2,1-4H3. The van der Waals surface area contributed by atoms with Crippen molar-refractivity contribution in [1.82, 2.24) is 0 Å². The van der Waals surface area contributed by atoms with E-state index >= 15 is 0 Å². The summed E-state index contributed by atoms with van der Waals surface area (Å²) in [6.07, 6.45) is 1.78. The van der Waals surface area contributed by atoms with E-state index in [9.17, 15) is 5.11 Å². The number of rotatable bonds is 8. The van der Waals surface area contributed by atoms with Crippen LogP contribution in [0.15, 0.2) is 108 Å². The van der Waals surface area contributed by atoms with Crippen LogP contribution < -0.4 is 0 Å². The van der Waals surface area contributed by atoms with Crippen LogP contribution in [0.1, 0.15) is 54.2 Å². The molecule has 0 aliphatic rings. The molecule has 0 radical (unpaired) electrons. The van der Waals surface area contributed by atoms with Gasteiger partial charge in [-0.05, 0) is 39.8 Å². The maximum Gasteiger partial charge on any atom is 0.129 e. The zero-order chi connectivity index (χ0) is 25.6. The first-order valence-electron chi connectivity index (χ1n) is 12.4. The van der Waals surface area contributed by atoms with Crippen LogP contribution in [0.4, 0.5) is 0 Å². The number of benzene rings is 4. The number of hydrogen-bond acceptors (Lipinski definition) is 3. The first kappa shape index (κ1) is 25.4. The number of ether oxygens (including phenoxy) is 1. The summed E-state index contributed by atoms with van der Waals surface area (Å²) in [4.78, 5) is 4.55. The average Bonchev–Trinajstić information content (AvgIpc) is 2.90. The SMILES string of the molecule is COCCN=Cc1cc(C(C)(C)C)cc(C(c2ccccc2)(c2ccccc2)c2ccccc2)c1O. The Labute approximate surface area is 215 Å². The molecule has 0 aliphatic carbocycles.